The standard InChI is InChI=1S/C22H23N3O2/c1-3-25(16-17-8-5-4-6-9-17)20-12-18(14-23-15-20)22(26)24-19-10-7-11-21(13-19)27-2/h4-15H,3,16H2,1-2H3,(H,24,26). The maximum Gasteiger partial charge on any atom is 0.257 e. The van der Waals surface area contributed by atoms with Crippen molar-refractivity contribution in [3.05, 3.63) is 84.2 Å². The molecule has 5 nitrogen and oxygen atoms in total. The summed E-state index contributed by atoms with van der Waals surface area (Å²) in [5.74, 6) is 0.494. The third-order valence-electron chi connectivity index (χ3n) is 4.28. The summed E-state index contributed by atoms with van der Waals surface area (Å²) in [5, 5.41) is 2.89. The molecule has 1 heterocycles. The number of amides is 1. The number of aromatic nitrogens is 1. The van der Waals surface area contributed by atoms with Crippen LogP contribution in [0.3, 0.4) is 0 Å². The fourth-order valence-electron chi connectivity index (χ4n) is 2.82. The Morgan fingerprint density at radius 3 is 2.63 bits per heavy atom. The van der Waals surface area contributed by atoms with Gasteiger partial charge in [0.05, 0.1) is 24.6 Å². The van der Waals surface area contributed by atoms with Gasteiger partial charge in [0.25, 0.3) is 5.91 Å². The molecule has 0 unspecified atom stereocenters. The summed E-state index contributed by atoms with van der Waals surface area (Å²) in [5.41, 5.74) is 3.33. The normalized spacial score (nSPS) is 10.3. The van der Waals surface area contributed by atoms with Crippen LogP contribution in [0.15, 0.2) is 73.1 Å². The van der Waals surface area contributed by atoms with Crippen LogP contribution in [-0.2, 0) is 6.54 Å². The van der Waals surface area contributed by atoms with E-state index in [-0.39, 0.29) is 5.91 Å². The second-order valence-electron chi connectivity index (χ2n) is 6.12. The number of pyridine rings is 1. The van der Waals surface area contributed by atoms with Gasteiger partial charge in [0.2, 0.25) is 0 Å². The van der Waals surface area contributed by atoms with E-state index in [1.807, 2.05) is 42.5 Å². The first kappa shape index (κ1) is 18.5. The van der Waals surface area contributed by atoms with Crippen LogP contribution >= 0.6 is 0 Å². The van der Waals surface area contributed by atoms with E-state index in [0.717, 1.165) is 18.8 Å². The monoisotopic (exact) mass is 361 g/mol. The van der Waals surface area contributed by atoms with Gasteiger partial charge < -0.3 is 15.0 Å². The van der Waals surface area contributed by atoms with E-state index in [2.05, 4.69) is 34.3 Å². The first-order valence-electron chi connectivity index (χ1n) is 8.89. The first-order valence-corrected chi connectivity index (χ1v) is 8.89. The molecular weight excluding hydrogens is 338 g/mol. The number of anilines is 2. The molecule has 138 valence electrons. The van der Waals surface area contributed by atoms with E-state index in [9.17, 15) is 4.79 Å². The Kier molecular flexibility index (Phi) is 6.05. The third-order valence-corrected chi connectivity index (χ3v) is 4.28. The number of carbonyl (C=O) groups is 1. The zero-order valence-corrected chi connectivity index (χ0v) is 15.6. The summed E-state index contributed by atoms with van der Waals surface area (Å²) >= 11 is 0. The van der Waals surface area contributed by atoms with Crippen molar-refractivity contribution in [1.82, 2.24) is 4.98 Å². The zero-order chi connectivity index (χ0) is 19.1. The highest BCUT2D eigenvalue weighted by atomic mass is 16.5. The van der Waals surface area contributed by atoms with Crippen molar-refractivity contribution in [2.75, 3.05) is 23.9 Å². The van der Waals surface area contributed by atoms with Crippen LogP contribution in [0.25, 0.3) is 0 Å². The van der Waals surface area contributed by atoms with E-state index >= 15 is 0 Å². The Bertz CT molecular complexity index is 897. The number of hydrogen-bond acceptors (Lipinski definition) is 4. The van der Waals surface area contributed by atoms with Crippen LogP contribution < -0.4 is 15.0 Å². The maximum atomic E-state index is 12.6. The molecule has 0 saturated heterocycles. The predicted octanol–water partition coefficient (Wildman–Crippen LogP) is 4.37. The number of carbonyl (C=O) groups excluding carboxylic acids is 1. The number of benzene rings is 2. The Balaban J connectivity index is 1.76. The van der Waals surface area contributed by atoms with Crippen molar-refractivity contribution in [2.45, 2.75) is 13.5 Å². The lowest BCUT2D eigenvalue weighted by atomic mass is 10.2. The summed E-state index contributed by atoms with van der Waals surface area (Å²) in [7, 11) is 1.60. The molecule has 5 heteroatoms. The molecule has 0 radical (unpaired) electrons. The van der Waals surface area contributed by atoms with Gasteiger partial charge in [-0.15, -0.1) is 0 Å². The van der Waals surface area contributed by atoms with E-state index in [4.69, 9.17) is 4.74 Å². The number of ether oxygens (including phenoxy) is 1. The van der Waals surface area contributed by atoms with Crippen LogP contribution in [0.1, 0.15) is 22.8 Å². The molecular formula is C22H23N3O2. The minimum atomic E-state index is -0.201. The van der Waals surface area contributed by atoms with Crippen molar-refractivity contribution in [2.24, 2.45) is 0 Å². The molecule has 0 saturated carbocycles. The second-order valence-corrected chi connectivity index (χ2v) is 6.12. The number of rotatable bonds is 7. The summed E-state index contributed by atoms with van der Waals surface area (Å²) in [4.78, 5) is 19.1. The second kappa shape index (κ2) is 8.85. The fraction of sp³-hybridized carbons (Fsp3) is 0.182. The highest BCUT2D eigenvalue weighted by Gasteiger charge is 2.11. The fourth-order valence-corrected chi connectivity index (χ4v) is 2.82. The number of methoxy groups -OCH3 is 1. The molecule has 0 bridgehead atoms. The molecule has 0 spiro atoms. The predicted molar refractivity (Wildman–Crippen MR) is 108 cm³/mol. The average molecular weight is 361 g/mol. The van der Waals surface area contributed by atoms with E-state index in [1.165, 1.54) is 5.56 Å². The van der Waals surface area contributed by atoms with Gasteiger partial charge in [0.1, 0.15) is 5.75 Å². The largest absolute Gasteiger partial charge is 0.497 e. The summed E-state index contributed by atoms with van der Waals surface area (Å²) in [6, 6.07) is 19.4. The van der Waals surface area contributed by atoms with Crippen molar-refractivity contribution >= 4 is 17.3 Å². The third kappa shape index (κ3) is 4.85. The summed E-state index contributed by atoms with van der Waals surface area (Å²) in [6.45, 7) is 3.67. The molecule has 1 aromatic heterocycles. The van der Waals surface area contributed by atoms with Gasteiger partial charge in [0.15, 0.2) is 0 Å². The van der Waals surface area contributed by atoms with Crippen molar-refractivity contribution in [1.29, 1.82) is 0 Å². The van der Waals surface area contributed by atoms with Crippen LogP contribution in [0, 0.1) is 0 Å². The summed E-state index contributed by atoms with van der Waals surface area (Å²) in [6.07, 6.45) is 3.37. The molecule has 0 atom stereocenters. The number of nitrogens with zero attached hydrogens (tertiary/aromatic N) is 2. The average Bonchev–Trinajstić information content (AvgIpc) is 2.73. The van der Waals surface area contributed by atoms with Crippen molar-refractivity contribution < 1.29 is 9.53 Å². The molecule has 0 aliphatic heterocycles. The molecule has 1 N–H and O–H groups in total. The smallest absolute Gasteiger partial charge is 0.257 e. The molecule has 0 aliphatic carbocycles. The number of nitrogens with one attached hydrogen (secondary N) is 1. The molecule has 3 rings (SSSR count). The van der Waals surface area contributed by atoms with Crippen LogP contribution in [0.4, 0.5) is 11.4 Å². The molecule has 3 aromatic rings. The van der Waals surface area contributed by atoms with Crippen LogP contribution in [0.2, 0.25) is 0 Å². The van der Waals surface area contributed by atoms with E-state index in [1.54, 1.807) is 25.6 Å². The SMILES string of the molecule is CCN(Cc1ccccc1)c1cncc(C(=O)Nc2cccc(OC)c2)c1. The highest BCUT2D eigenvalue weighted by molar-refractivity contribution is 6.04. The van der Waals surface area contributed by atoms with Crippen molar-refractivity contribution in [3.63, 3.8) is 0 Å². The van der Waals surface area contributed by atoms with Crippen molar-refractivity contribution in [3.8, 4) is 5.75 Å². The molecule has 0 fully saturated rings. The first-order chi connectivity index (χ1) is 13.2. The van der Waals surface area contributed by atoms with Crippen LogP contribution in [-0.4, -0.2) is 24.5 Å². The Labute approximate surface area is 159 Å². The topological polar surface area (TPSA) is 54.5 Å². The Morgan fingerprint density at radius 2 is 1.89 bits per heavy atom. The Morgan fingerprint density at radius 1 is 1.07 bits per heavy atom. The Hall–Kier alpha value is -3.34. The highest BCUT2D eigenvalue weighted by Crippen LogP contribution is 2.20. The summed E-state index contributed by atoms with van der Waals surface area (Å²) < 4.78 is 5.19. The number of hydrogen-bond donors (Lipinski definition) is 1. The molecule has 2 aromatic carbocycles. The van der Waals surface area contributed by atoms with Gasteiger partial charge in [-0.05, 0) is 30.7 Å². The van der Waals surface area contributed by atoms with Gasteiger partial charge in [-0.1, -0.05) is 36.4 Å². The lowest BCUT2D eigenvalue weighted by molar-refractivity contribution is 0.102. The quantitative estimate of drug-likeness (QED) is 0.679. The minimum absolute atomic E-state index is 0.201. The molecule has 27 heavy (non-hydrogen) atoms. The lowest BCUT2D eigenvalue weighted by Gasteiger charge is -2.23. The van der Waals surface area contributed by atoms with Gasteiger partial charge in [-0.3, -0.25) is 9.78 Å². The van der Waals surface area contributed by atoms with Crippen LogP contribution in [0.5, 0.6) is 5.75 Å². The maximum absolute atomic E-state index is 12.6. The van der Waals surface area contributed by atoms with E-state index < -0.39 is 0 Å². The van der Waals surface area contributed by atoms with Gasteiger partial charge in [0, 0.05) is 31.0 Å². The van der Waals surface area contributed by atoms with Gasteiger partial charge in [-0.2, -0.15) is 0 Å². The molecule has 0 aliphatic rings. The minimum Gasteiger partial charge on any atom is -0.497 e. The van der Waals surface area contributed by atoms with E-state index in [0.29, 0.717) is 17.0 Å². The molecule has 1 amide bonds. The van der Waals surface area contributed by atoms with Gasteiger partial charge in [-0.25, -0.2) is 0 Å². The van der Waals surface area contributed by atoms with Gasteiger partial charge >= 0.3 is 0 Å². The zero-order valence-electron chi connectivity index (χ0n) is 15.6. The lowest BCUT2D eigenvalue weighted by Crippen LogP contribution is -2.23.